The number of hydrogen-bond acceptors (Lipinski definition) is 11. The standard InChI is InChI=1S/C35H49NO12/c1-7-20(2)17-21(3)13-14-27(39)46-30-29(40)33(47-26(19-37)34(44,31(36)41)35(30,48-33)32(42)43)16-15-22(4)28(45-24(6)38)23(5)18-25-11-9-8-10-12-25/h8-14,20-21,23,26,28-30,37,40,44H,4,7,15-19H2,1-3,5-6H3,(H2,36,41)(H,42,43)/b14-13+/t20-,21+,23+,26+,28+,29+,30+,33+,34+,35+/m0/s1. The molecule has 13 nitrogen and oxygen atoms in total. The fraction of sp³-hybridized carbons (Fsp3) is 0.600. The molecule has 3 rings (SSSR count). The van der Waals surface area contributed by atoms with Gasteiger partial charge in [-0.2, -0.15) is 0 Å². The number of ether oxygens (including phenoxy) is 4. The molecule has 13 heteroatoms. The number of nitrogens with two attached hydrogens (primary N) is 1. The number of aliphatic hydroxyl groups excluding tert-OH is 2. The molecule has 1 aromatic rings. The van der Waals surface area contributed by atoms with Crippen molar-refractivity contribution in [3.05, 3.63) is 60.2 Å². The Hall–Kier alpha value is -3.62. The summed E-state index contributed by atoms with van der Waals surface area (Å²) in [5, 5.41) is 44.0. The fourth-order valence-electron chi connectivity index (χ4n) is 6.68. The molecule has 0 aliphatic carbocycles. The molecule has 2 heterocycles. The first-order chi connectivity index (χ1) is 22.5. The zero-order valence-electron chi connectivity index (χ0n) is 28.2. The van der Waals surface area contributed by atoms with Crippen molar-refractivity contribution >= 4 is 23.8 Å². The predicted molar refractivity (Wildman–Crippen MR) is 172 cm³/mol. The van der Waals surface area contributed by atoms with Gasteiger partial charge in [-0.3, -0.25) is 9.59 Å². The summed E-state index contributed by atoms with van der Waals surface area (Å²) in [6, 6.07) is 9.47. The molecule has 0 unspecified atom stereocenters. The first-order valence-electron chi connectivity index (χ1n) is 16.2. The van der Waals surface area contributed by atoms with Crippen molar-refractivity contribution in [2.24, 2.45) is 23.5 Å². The molecule has 6 N–H and O–H groups in total. The maximum atomic E-state index is 13.1. The number of carbonyl (C=O) groups excluding carboxylic acids is 3. The molecule has 1 amide bonds. The summed E-state index contributed by atoms with van der Waals surface area (Å²) >= 11 is 0. The third-order valence-electron chi connectivity index (χ3n) is 9.39. The topological polar surface area (TPSA) is 212 Å². The van der Waals surface area contributed by atoms with Crippen molar-refractivity contribution in [1.82, 2.24) is 0 Å². The third-order valence-corrected chi connectivity index (χ3v) is 9.39. The minimum absolute atomic E-state index is 0.0543. The largest absolute Gasteiger partial charge is 0.479 e. The Bertz CT molecular complexity index is 1370. The second-order valence-electron chi connectivity index (χ2n) is 13.1. The molecule has 0 radical (unpaired) electrons. The first-order valence-corrected chi connectivity index (χ1v) is 16.2. The lowest BCUT2D eigenvalue weighted by Crippen LogP contribution is -2.78. The number of benzene rings is 1. The number of carbonyl (C=O) groups is 4. The molecule has 2 aliphatic heterocycles. The number of allylic oxidation sites excluding steroid dienone is 1. The Morgan fingerprint density at radius 3 is 2.33 bits per heavy atom. The van der Waals surface area contributed by atoms with Gasteiger partial charge in [-0.25, -0.2) is 9.59 Å². The molecule has 2 saturated heterocycles. The van der Waals surface area contributed by atoms with Crippen LogP contribution in [0.5, 0.6) is 0 Å². The number of aliphatic hydroxyl groups is 3. The summed E-state index contributed by atoms with van der Waals surface area (Å²) in [4.78, 5) is 50.9. The maximum Gasteiger partial charge on any atom is 0.343 e. The Morgan fingerprint density at radius 1 is 1.15 bits per heavy atom. The van der Waals surface area contributed by atoms with Crippen LogP contribution in [0.3, 0.4) is 0 Å². The number of rotatable bonds is 17. The van der Waals surface area contributed by atoms with Crippen molar-refractivity contribution < 1.29 is 58.6 Å². The van der Waals surface area contributed by atoms with E-state index in [0.717, 1.165) is 24.5 Å². The number of amides is 1. The number of carboxylic acids is 1. The van der Waals surface area contributed by atoms with E-state index >= 15 is 0 Å². The van der Waals surface area contributed by atoms with Gasteiger partial charge in [0.2, 0.25) is 17.0 Å². The molecule has 10 atom stereocenters. The number of aliphatic carboxylic acids is 1. The van der Waals surface area contributed by atoms with E-state index in [1.165, 1.54) is 6.92 Å². The Labute approximate surface area is 280 Å². The summed E-state index contributed by atoms with van der Waals surface area (Å²) in [6.07, 6.45) is -2.80. The maximum absolute atomic E-state index is 13.1. The van der Waals surface area contributed by atoms with Gasteiger partial charge in [-0.15, -0.1) is 0 Å². The van der Waals surface area contributed by atoms with Gasteiger partial charge in [-0.1, -0.05) is 77.1 Å². The smallest absolute Gasteiger partial charge is 0.343 e. The lowest BCUT2D eigenvalue weighted by molar-refractivity contribution is -0.379. The molecular formula is C35H49NO12. The van der Waals surface area contributed by atoms with Gasteiger partial charge in [-0.05, 0) is 42.2 Å². The normalized spacial score (nSPS) is 30.6. The Morgan fingerprint density at radius 2 is 1.79 bits per heavy atom. The number of esters is 2. The average molecular weight is 676 g/mol. The van der Waals surface area contributed by atoms with Crippen LogP contribution in [0.15, 0.2) is 54.6 Å². The molecule has 0 saturated carbocycles. The quantitative estimate of drug-likeness (QED) is 0.0914. The monoisotopic (exact) mass is 675 g/mol. The minimum atomic E-state index is -3.30. The molecule has 2 aliphatic rings. The molecule has 48 heavy (non-hydrogen) atoms. The summed E-state index contributed by atoms with van der Waals surface area (Å²) in [6.45, 7) is 12.1. The predicted octanol–water partition coefficient (Wildman–Crippen LogP) is 2.19. The number of primary amides is 1. The number of hydrogen-bond donors (Lipinski definition) is 5. The zero-order valence-corrected chi connectivity index (χ0v) is 28.2. The molecule has 266 valence electrons. The van der Waals surface area contributed by atoms with Crippen LogP contribution < -0.4 is 5.73 Å². The van der Waals surface area contributed by atoms with E-state index in [1.807, 2.05) is 51.1 Å². The summed E-state index contributed by atoms with van der Waals surface area (Å²) < 4.78 is 22.7. The molecule has 0 aromatic heterocycles. The van der Waals surface area contributed by atoms with Crippen molar-refractivity contribution in [2.75, 3.05) is 6.61 Å². The SMILES string of the molecule is C=C(CC[C@@]12O[C@H](CO)[C@@](O)(C(N)=O)[C@@](C(=O)O)(O1)[C@H](OC(=O)/C=C/[C@@H](C)C[C@@H](C)CC)[C@H]2O)[C@@H](OC(C)=O)[C@H](C)Cc1ccccc1. The Kier molecular flexibility index (Phi) is 12.7. The first kappa shape index (κ1) is 38.8. The van der Waals surface area contributed by atoms with Crippen LogP contribution in [0.2, 0.25) is 0 Å². The van der Waals surface area contributed by atoms with Crippen LogP contribution in [0.25, 0.3) is 0 Å². The van der Waals surface area contributed by atoms with E-state index in [-0.39, 0.29) is 24.7 Å². The van der Waals surface area contributed by atoms with Crippen molar-refractivity contribution in [1.29, 1.82) is 0 Å². The van der Waals surface area contributed by atoms with E-state index < -0.39 is 71.8 Å². The van der Waals surface area contributed by atoms with Gasteiger partial charge in [0.25, 0.3) is 5.91 Å². The van der Waals surface area contributed by atoms with E-state index in [1.54, 1.807) is 6.08 Å². The Balaban J connectivity index is 1.97. The van der Waals surface area contributed by atoms with Crippen LogP contribution in [0, 0.1) is 17.8 Å². The van der Waals surface area contributed by atoms with Crippen LogP contribution in [0.4, 0.5) is 0 Å². The van der Waals surface area contributed by atoms with Crippen LogP contribution in [0.1, 0.15) is 65.9 Å². The van der Waals surface area contributed by atoms with E-state index in [0.29, 0.717) is 17.9 Å². The molecular weight excluding hydrogens is 626 g/mol. The highest BCUT2D eigenvalue weighted by molar-refractivity contribution is 5.96. The van der Waals surface area contributed by atoms with Gasteiger partial charge in [0.15, 0.2) is 6.10 Å². The van der Waals surface area contributed by atoms with Gasteiger partial charge < -0.3 is 45.1 Å². The van der Waals surface area contributed by atoms with Gasteiger partial charge in [0.05, 0.1) is 6.61 Å². The van der Waals surface area contributed by atoms with Gasteiger partial charge >= 0.3 is 17.9 Å². The number of carboxylic acid groups (broad SMARTS) is 1. The summed E-state index contributed by atoms with van der Waals surface area (Å²) in [5.41, 5.74) is 0.353. The van der Waals surface area contributed by atoms with Crippen molar-refractivity contribution in [3.8, 4) is 0 Å². The highest BCUT2D eigenvalue weighted by atomic mass is 16.8. The van der Waals surface area contributed by atoms with E-state index in [2.05, 4.69) is 13.5 Å². The van der Waals surface area contributed by atoms with Crippen LogP contribution >= 0.6 is 0 Å². The van der Waals surface area contributed by atoms with E-state index in [4.69, 9.17) is 24.7 Å². The van der Waals surface area contributed by atoms with Crippen LogP contribution in [-0.2, 0) is 44.5 Å². The van der Waals surface area contributed by atoms with E-state index in [9.17, 15) is 39.6 Å². The minimum Gasteiger partial charge on any atom is -0.479 e. The van der Waals surface area contributed by atoms with Gasteiger partial charge in [0, 0.05) is 25.3 Å². The second-order valence-corrected chi connectivity index (χ2v) is 13.1. The highest BCUT2D eigenvalue weighted by Crippen LogP contribution is 2.55. The molecule has 2 bridgehead atoms. The highest BCUT2D eigenvalue weighted by Gasteiger charge is 2.83. The third kappa shape index (κ3) is 7.65. The summed E-state index contributed by atoms with van der Waals surface area (Å²) in [7, 11) is 0. The average Bonchev–Trinajstić information content (AvgIpc) is 3.25. The lowest BCUT2D eigenvalue weighted by Gasteiger charge is -2.50. The fourth-order valence-corrected chi connectivity index (χ4v) is 6.68. The zero-order chi connectivity index (χ0) is 36.0. The lowest BCUT2D eigenvalue weighted by atomic mass is 9.74. The second kappa shape index (κ2) is 15.7. The van der Waals surface area contributed by atoms with Crippen molar-refractivity contribution in [2.45, 2.75) is 108 Å². The summed E-state index contributed by atoms with van der Waals surface area (Å²) in [5.74, 6) is -7.60. The van der Waals surface area contributed by atoms with Crippen molar-refractivity contribution in [3.63, 3.8) is 0 Å². The van der Waals surface area contributed by atoms with Crippen LogP contribution in [-0.4, -0.2) is 92.3 Å². The number of fused-ring (bicyclic) bond motifs is 2. The molecule has 0 spiro atoms. The molecule has 1 aromatic carbocycles. The van der Waals surface area contributed by atoms with Gasteiger partial charge in [0.1, 0.15) is 18.3 Å². The molecule has 2 fully saturated rings.